The molecule has 7 heteroatoms. The Labute approximate surface area is 138 Å². The Morgan fingerprint density at radius 1 is 1.26 bits per heavy atom. The van der Waals surface area contributed by atoms with Gasteiger partial charge in [-0.3, -0.25) is 9.58 Å². The summed E-state index contributed by atoms with van der Waals surface area (Å²) in [4.78, 5) is 2.53. The molecule has 1 N–H and O–H groups in total. The highest BCUT2D eigenvalue weighted by molar-refractivity contribution is 7.90. The maximum atomic E-state index is 11.9. The summed E-state index contributed by atoms with van der Waals surface area (Å²) in [5.74, 6) is 0.860. The summed E-state index contributed by atoms with van der Waals surface area (Å²) in [7, 11) is -3.07. The summed E-state index contributed by atoms with van der Waals surface area (Å²) in [6.07, 6.45) is 8.41. The van der Waals surface area contributed by atoms with Crippen LogP contribution in [0.3, 0.4) is 0 Å². The van der Waals surface area contributed by atoms with Gasteiger partial charge in [-0.25, -0.2) is 13.1 Å². The number of nitrogens with zero attached hydrogens (tertiary/aromatic N) is 3. The van der Waals surface area contributed by atoms with Gasteiger partial charge in [-0.05, 0) is 44.1 Å². The minimum atomic E-state index is -3.07. The van der Waals surface area contributed by atoms with Crippen molar-refractivity contribution in [2.24, 2.45) is 5.92 Å². The van der Waals surface area contributed by atoms with Crippen LogP contribution >= 0.6 is 0 Å². The van der Waals surface area contributed by atoms with Crippen LogP contribution in [0.5, 0.6) is 0 Å². The molecular formula is C16H26N4O2S. The van der Waals surface area contributed by atoms with Gasteiger partial charge in [-0.15, -0.1) is 0 Å². The van der Waals surface area contributed by atoms with Gasteiger partial charge in [-0.1, -0.05) is 6.42 Å². The molecule has 2 heterocycles. The van der Waals surface area contributed by atoms with Gasteiger partial charge >= 0.3 is 0 Å². The molecule has 3 aliphatic rings. The van der Waals surface area contributed by atoms with E-state index in [9.17, 15) is 8.42 Å². The van der Waals surface area contributed by atoms with Crippen molar-refractivity contribution in [2.45, 2.75) is 56.4 Å². The van der Waals surface area contributed by atoms with Gasteiger partial charge < -0.3 is 0 Å². The van der Waals surface area contributed by atoms with E-state index in [1.807, 2.05) is 6.20 Å². The molecule has 0 spiro atoms. The zero-order valence-electron chi connectivity index (χ0n) is 13.5. The average Bonchev–Trinajstić information content (AvgIpc) is 3.23. The first kappa shape index (κ1) is 15.6. The predicted molar refractivity (Wildman–Crippen MR) is 88.4 cm³/mol. The lowest BCUT2D eigenvalue weighted by Crippen LogP contribution is -2.42. The van der Waals surface area contributed by atoms with Crippen molar-refractivity contribution in [3.8, 4) is 0 Å². The van der Waals surface area contributed by atoms with Gasteiger partial charge in [0.1, 0.15) is 0 Å². The summed E-state index contributed by atoms with van der Waals surface area (Å²) in [6, 6.07) is 2.37. The molecule has 4 rings (SSSR count). The molecule has 1 aliphatic heterocycles. The zero-order valence-corrected chi connectivity index (χ0v) is 14.3. The van der Waals surface area contributed by atoms with Crippen molar-refractivity contribution < 1.29 is 8.42 Å². The lowest BCUT2D eigenvalue weighted by molar-refractivity contribution is 0.120. The second-order valence-corrected chi connectivity index (χ2v) is 9.38. The molecular weight excluding hydrogens is 312 g/mol. The van der Waals surface area contributed by atoms with E-state index in [1.54, 1.807) is 0 Å². The van der Waals surface area contributed by atoms with Crippen molar-refractivity contribution in [3.05, 3.63) is 18.0 Å². The molecule has 0 unspecified atom stereocenters. The van der Waals surface area contributed by atoms with Gasteiger partial charge in [-0.2, -0.15) is 5.10 Å². The van der Waals surface area contributed by atoms with Crippen LogP contribution < -0.4 is 4.72 Å². The molecule has 0 saturated heterocycles. The standard InChI is InChI=1S/C16H26N4O2S/c21-23(22,16-4-5-16)18-9-7-15-12-19(10-13-2-1-3-13)11-14-6-8-17-20(14)15/h6,8,13,15-16,18H,1-5,7,9-12H2/t15-/m0/s1. The monoisotopic (exact) mass is 338 g/mol. The van der Waals surface area contributed by atoms with Crippen LogP contribution in [-0.4, -0.2) is 48.0 Å². The fourth-order valence-electron chi connectivity index (χ4n) is 3.72. The third-order valence-corrected chi connectivity index (χ3v) is 7.39. The van der Waals surface area contributed by atoms with Crippen LogP contribution in [-0.2, 0) is 16.6 Å². The van der Waals surface area contributed by atoms with Crippen LogP contribution in [0.15, 0.2) is 12.3 Å². The highest BCUT2D eigenvalue weighted by Crippen LogP contribution is 2.31. The van der Waals surface area contributed by atoms with Crippen molar-refractivity contribution in [3.63, 3.8) is 0 Å². The molecule has 128 valence electrons. The number of sulfonamides is 1. The molecule has 1 aromatic rings. The van der Waals surface area contributed by atoms with Crippen LogP contribution in [0.1, 0.15) is 50.3 Å². The Morgan fingerprint density at radius 3 is 2.78 bits per heavy atom. The van der Waals surface area contributed by atoms with Crippen molar-refractivity contribution >= 4 is 10.0 Å². The topological polar surface area (TPSA) is 67.2 Å². The quantitative estimate of drug-likeness (QED) is 0.818. The summed E-state index contributed by atoms with van der Waals surface area (Å²) >= 11 is 0. The fraction of sp³-hybridized carbons (Fsp3) is 0.812. The van der Waals surface area contributed by atoms with E-state index in [-0.39, 0.29) is 11.3 Å². The Balaban J connectivity index is 1.36. The van der Waals surface area contributed by atoms with Crippen LogP contribution in [0, 0.1) is 5.92 Å². The second kappa shape index (κ2) is 6.18. The van der Waals surface area contributed by atoms with E-state index >= 15 is 0 Å². The van der Waals surface area contributed by atoms with E-state index in [0.29, 0.717) is 6.54 Å². The summed E-state index contributed by atoms with van der Waals surface area (Å²) in [5.41, 5.74) is 1.26. The Bertz CT molecular complexity index is 649. The lowest BCUT2D eigenvalue weighted by Gasteiger charge is -2.38. The molecule has 2 saturated carbocycles. The van der Waals surface area contributed by atoms with Gasteiger partial charge in [0.15, 0.2) is 0 Å². The van der Waals surface area contributed by atoms with E-state index < -0.39 is 10.0 Å². The average molecular weight is 338 g/mol. The highest BCUT2D eigenvalue weighted by atomic mass is 32.2. The number of fused-ring (bicyclic) bond motifs is 1. The third-order valence-electron chi connectivity index (χ3n) is 5.44. The van der Waals surface area contributed by atoms with Crippen molar-refractivity contribution in [1.29, 1.82) is 0 Å². The Hall–Kier alpha value is -0.920. The van der Waals surface area contributed by atoms with E-state index in [2.05, 4.69) is 25.5 Å². The summed E-state index contributed by atoms with van der Waals surface area (Å²) in [6.45, 7) is 3.65. The third kappa shape index (κ3) is 3.46. The lowest BCUT2D eigenvalue weighted by atomic mass is 9.85. The van der Waals surface area contributed by atoms with E-state index in [0.717, 1.165) is 38.3 Å². The molecule has 6 nitrogen and oxygen atoms in total. The van der Waals surface area contributed by atoms with Crippen LogP contribution in [0.25, 0.3) is 0 Å². The second-order valence-electron chi connectivity index (χ2n) is 7.34. The van der Waals surface area contributed by atoms with Crippen LogP contribution in [0.2, 0.25) is 0 Å². The number of nitrogens with one attached hydrogen (secondary N) is 1. The summed E-state index contributed by atoms with van der Waals surface area (Å²) in [5, 5.41) is 4.33. The molecule has 0 amide bonds. The molecule has 2 aliphatic carbocycles. The van der Waals surface area contributed by atoms with Gasteiger partial charge in [0.05, 0.1) is 17.0 Å². The Kier molecular flexibility index (Phi) is 4.19. The number of hydrogen-bond acceptors (Lipinski definition) is 4. The molecule has 23 heavy (non-hydrogen) atoms. The van der Waals surface area contributed by atoms with Gasteiger partial charge in [0.25, 0.3) is 0 Å². The van der Waals surface area contributed by atoms with Crippen molar-refractivity contribution in [1.82, 2.24) is 19.4 Å². The first-order valence-electron chi connectivity index (χ1n) is 8.85. The SMILES string of the molecule is O=S(=O)(NCC[C@H]1CN(CC2CCC2)Cc2ccnn21)C1CC1. The smallest absolute Gasteiger partial charge is 0.214 e. The number of hydrogen-bond donors (Lipinski definition) is 1. The minimum Gasteiger partial charge on any atom is -0.295 e. The highest BCUT2D eigenvalue weighted by Gasteiger charge is 2.35. The molecule has 1 aromatic heterocycles. The largest absolute Gasteiger partial charge is 0.295 e. The van der Waals surface area contributed by atoms with E-state index in [1.165, 1.54) is 31.5 Å². The predicted octanol–water partition coefficient (Wildman–Crippen LogP) is 1.51. The first-order chi connectivity index (χ1) is 11.1. The maximum Gasteiger partial charge on any atom is 0.214 e. The maximum absolute atomic E-state index is 11.9. The first-order valence-corrected chi connectivity index (χ1v) is 10.4. The molecule has 0 radical (unpaired) electrons. The van der Waals surface area contributed by atoms with Gasteiger partial charge in [0, 0.05) is 32.4 Å². The van der Waals surface area contributed by atoms with Crippen molar-refractivity contribution in [2.75, 3.05) is 19.6 Å². The van der Waals surface area contributed by atoms with Crippen LogP contribution in [0.4, 0.5) is 0 Å². The molecule has 0 aromatic carbocycles. The molecule has 0 bridgehead atoms. The number of aromatic nitrogens is 2. The van der Waals surface area contributed by atoms with E-state index in [4.69, 9.17) is 0 Å². The zero-order chi connectivity index (χ0) is 15.9. The normalized spacial score (nSPS) is 26.0. The minimum absolute atomic E-state index is 0.135. The number of rotatable bonds is 7. The molecule has 2 fully saturated rings. The fourth-order valence-corrected chi connectivity index (χ4v) is 5.12. The summed E-state index contributed by atoms with van der Waals surface area (Å²) < 4.78 is 28.8. The Morgan fingerprint density at radius 2 is 2.09 bits per heavy atom. The van der Waals surface area contributed by atoms with Gasteiger partial charge in [0.2, 0.25) is 10.0 Å². The molecule has 1 atom stereocenters.